The van der Waals surface area contributed by atoms with Gasteiger partial charge in [0.05, 0.1) is 12.0 Å². The second kappa shape index (κ2) is 4.27. The third-order valence-corrected chi connectivity index (χ3v) is 5.26. The van der Waals surface area contributed by atoms with Crippen molar-refractivity contribution in [3.05, 3.63) is 41.8 Å². The molecule has 0 aliphatic carbocycles. The molecule has 0 saturated heterocycles. The van der Waals surface area contributed by atoms with Gasteiger partial charge in [0.2, 0.25) is 9.84 Å². The van der Waals surface area contributed by atoms with Crippen molar-refractivity contribution in [1.82, 2.24) is 0 Å². The first-order valence-corrected chi connectivity index (χ1v) is 6.93. The van der Waals surface area contributed by atoms with Crippen LogP contribution in [0.25, 0.3) is 0 Å². The van der Waals surface area contributed by atoms with Crippen LogP contribution < -0.4 is 4.74 Å². The SMILES string of the molecule is COc1cccc(S(=O)(=O)c2cccs2)c1. The van der Waals surface area contributed by atoms with Gasteiger partial charge in [-0.2, -0.15) is 0 Å². The highest BCUT2D eigenvalue weighted by Gasteiger charge is 2.18. The number of methoxy groups -OCH3 is 1. The molecule has 0 saturated carbocycles. The summed E-state index contributed by atoms with van der Waals surface area (Å²) in [5.74, 6) is 0.539. The molecule has 0 bridgehead atoms. The average Bonchev–Trinajstić information content (AvgIpc) is 2.83. The molecule has 1 aromatic carbocycles. The van der Waals surface area contributed by atoms with Crippen LogP contribution in [0.2, 0.25) is 0 Å². The van der Waals surface area contributed by atoms with E-state index >= 15 is 0 Å². The highest BCUT2D eigenvalue weighted by atomic mass is 32.2. The van der Waals surface area contributed by atoms with Gasteiger partial charge in [0.25, 0.3) is 0 Å². The molecule has 3 nitrogen and oxygen atoms in total. The Hall–Kier alpha value is -1.33. The van der Waals surface area contributed by atoms with E-state index in [0.717, 1.165) is 0 Å². The highest BCUT2D eigenvalue weighted by Crippen LogP contribution is 2.26. The van der Waals surface area contributed by atoms with Crippen molar-refractivity contribution in [2.75, 3.05) is 7.11 Å². The van der Waals surface area contributed by atoms with Crippen LogP contribution >= 0.6 is 11.3 Å². The zero-order valence-electron chi connectivity index (χ0n) is 8.58. The lowest BCUT2D eigenvalue weighted by Crippen LogP contribution is -1.99. The third kappa shape index (κ3) is 1.96. The van der Waals surface area contributed by atoms with Crippen LogP contribution in [-0.4, -0.2) is 15.5 Å². The third-order valence-electron chi connectivity index (χ3n) is 2.11. The van der Waals surface area contributed by atoms with Crippen molar-refractivity contribution in [3.8, 4) is 5.75 Å². The minimum Gasteiger partial charge on any atom is -0.497 e. The molecular weight excluding hydrogens is 244 g/mol. The first kappa shape index (κ1) is 11.2. The van der Waals surface area contributed by atoms with Crippen molar-refractivity contribution >= 4 is 21.2 Å². The molecule has 0 atom stereocenters. The van der Waals surface area contributed by atoms with E-state index < -0.39 is 9.84 Å². The molecular formula is C11H10O3S2. The maximum absolute atomic E-state index is 12.1. The Kier molecular flexibility index (Phi) is 2.98. The van der Waals surface area contributed by atoms with Gasteiger partial charge in [-0.05, 0) is 29.6 Å². The number of hydrogen-bond donors (Lipinski definition) is 0. The summed E-state index contributed by atoms with van der Waals surface area (Å²) in [5, 5.41) is 1.74. The lowest BCUT2D eigenvalue weighted by atomic mass is 10.3. The van der Waals surface area contributed by atoms with Crippen LogP contribution in [0.3, 0.4) is 0 Å². The van der Waals surface area contributed by atoms with Gasteiger partial charge in [-0.3, -0.25) is 0 Å². The fraction of sp³-hybridized carbons (Fsp3) is 0.0909. The molecule has 2 rings (SSSR count). The fourth-order valence-corrected chi connectivity index (χ4v) is 3.73. The summed E-state index contributed by atoms with van der Waals surface area (Å²) in [5.41, 5.74) is 0. The van der Waals surface area contributed by atoms with E-state index in [-0.39, 0.29) is 4.90 Å². The summed E-state index contributed by atoms with van der Waals surface area (Å²) in [4.78, 5) is 0.259. The lowest BCUT2D eigenvalue weighted by molar-refractivity contribution is 0.413. The predicted molar refractivity (Wildman–Crippen MR) is 62.8 cm³/mol. The van der Waals surface area contributed by atoms with Gasteiger partial charge in [-0.1, -0.05) is 12.1 Å². The Morgan fingerprint density at radius 1 is 1.19 bits per heavy atom. The molecule has 16 heavy (non-hydrogen) atoms. The van der Waals surface area contributed by atoms with E-state index in [1.54, 1.807) is 35.7 Å². The summed E-state index contributed by atoms with van der Waals surface area (Å²) in [6, 6.07) is 9.79. The molecule has 2 aromatic rings. The summed E-state index contributed by atoms with van der Waals surface area (Å²) < 4.78 is 29.6. The van der Waals surface area contributed by atoms with Crippen LogP contribution in [0.4, 0.5) is 0 Å². The molecule has 1 aromatic heterocycles. The molecule has 0 spiro atoms. The highest BCUT2D eigenvalue weighted by molar-refractivity contribution is 7.93. The van der Waals surface area contributed by atoms with Gasteiger partial charge in [-0.25, -0.2) is 8.42 Å². The maximum Gasteiger partial charge on any atom is 0.216 e. The lowest BCUT2D eigenvalue weighted by Gasteiger charge is -2.04. The molecule has 0 aliphatic heterocycles. The van der Waals surface area contributed by atoms with Crippen LogP contribution in [-0.2, 0) is 9.84 Å². The van der Waals surface area contributed by atoms with E-state index in [1.807, 2.05) is 0 Å². The Labute approximate surface area is 98.2 Å². The van der Waals surface area contributed by atoms with Crippen molar-refractivity contribution in [3.63, 3.8) is 0 Å². The molecule has 5 heteroatoms. The number of ether oxygens (including phenoxy) is 1. The zero-order valence-corrected chi connectivity index (χ0v) is 10.2. The Balaban J connectivity index is 2.52. The number of thiophene rings is 1. The van der Waals surface area contributed by atoms with Crippen LogP contribution in [0, 0.1) is 0 Å². The van der Waals surface area contributed by atoms with Gasteiger partial charge < -0.3 is 4.74 Å². The molecule has 0 N–H and O–H groups in total. The first-order chi connectivity index (χ1) is 7.64. The van der Waals surface area contributed by atoms with Crippen molar-refractivity contribution < 1.29 is 13.2 Å². The van der Waals surface area contributed by atoms with Gasteiger partial charge in [0, 0.05) is 0 Å². The van der Waals surface area contributed by atoms with Crippen LogP contribution in [0.1, 0.15) is 0 Å². The normalized spacial score (nSPS) is 11.3. The summed E-state index contributed by atoms with van der Waals surface area (Å²) in [7, 11) is -1.88. The molecule has 84 valence electrons. The number of rotatable bonds is 3. The minimum absolute atomic E-state index is 0.259. The zero-order chi connectivity index (χ0) is 11.6. The maximum atomic E-state index is 12.1. The molecule has 0 amide bonds. The van der Waals surface area contributed by atoms with Gasteiger partial charge >= 0.3 is 0 Å². The average molecular weight is 254 g/mol. The molecule has 0 unspecified atom stereocenters. The fourth-order valence-electron chi connectivity index (χ4n) is 1.30. The largest absolute Gasteiger partial charge is 0.497 e. The first-order valence-electron chi connectivity index (χ1n) is 4.57. The van der Waals surface area contributed by atoms with E-state index in [4.69, 9.17) is 4.74 Å². The summed E-state index contributed by atoms with van der Waals surface area (Å²) >= 11 is 1.21. The van der Waals surface area contributed by atoms with Gasteiger partial charge in [-0.15, -0.1) is 11.3 Å². The molecule has 0 aliphatic rings. The second-order valence-corrected chi connectivity index (χ2v) is 6.24. The van der Waals surface area contributed by atoms with Crippen molar-refractivity contribution in [2.24, 2.45) is 0 Å². The smallest absolute Gasteiger partial charge is 0.216 e. The van der Waals surface area contributed by atoms with Gasteiger partial charge in [0.1, 0.15) is 9.96 Å². The van der Waals surface area contributed by atoms with E-state index in [9.17, 15) is 8.42 Å². The molecule has 0 fully saturated rings. The van der Waals surface area contributed by atoms with E-state index in [1.165, 1.54) is 24.5 Å². The van der Waals surface area contributed by atoms with Crippen LogP contribution in [0.5, 0.6) is 5.75 Å². The molecule has 1 heterocycles. The Morgan fingerprint density at radius 2 is 2.00 bits per heavy atom. The standard InChI is InChI=1S/C11H10O3S2/c1-14-9-4-2-5-10(8-9)16(12,13)11-6-3-7-15-11/h2-8H,1H3. The van der Waals surface area contributed by atoms with Gasteiger partial charge in [0.15, 0.2) is 0 Å². The second-order valence-electron chi connectivity index (χ2n) is 3.11. The van der Waals surface area contributed by atoms with Crippen molar-refractivity contribution in [1.29, 1.82) is 0 Å². The Bertz CT molecular complexity index is 571. The number of benzene rings is 1. The predicted octanol–water partition coefficient (Wildman–Crippen LogP) is 2.59. The molecule has 0 radical (unpaired) electrons. The minimum atomic E-state index is -3.39. The van der Waals surface area contributed by atoms with E-state index in [0.29, 0.717) is 9.96 Å². The monoisotopic (exact) mass is 254 g/mol. The van der Waals surface area contributed by atoms with Crippen LogP contribution in [0.15, 0.2) is 50.9 Å². The number of sulfone groups is 1. The summed E-state index contributed by atoms with van der Waals surface area (Å²) in [6.07, 6.45) is 0. The Morgan fingerprint density at radius 3 is 2.62 bits per heavy atom. The number of hydrogen-bond acceptors (Lipinski definition) is 4. The quantitative estimate of drug-likeness (QED) is 0.845. The summed E-state index contributed by atoms with van der Waals surface area (Å²) in [6.45, 7) is 0. The topological polar surface area (TPSA) is 43.4 Å². The van der Waals surface area contributed by atoms with Crippen molar-refractivity contribution in [2.45, 2.75) is 9.10 Å². The van der Waals surface area contributed by atoms with E-state index in [2.05, 4.69) is 0 Å².